The van der Waals surface area contributed by atoms with Crippen LogP contribution < -0.4 is 5.46 Å². The molecule has 0 aliphatic carbocycles. The second kappa shape index (κ2) is 3.40. The Hall–Kier alpha value is -1.40. The standard InChI is InChI=1S/C8H8BFN2O2/c1-12-8-3-2-7(9(13)14-10)4-6(8)5-11-12/h2-5,13H,1H3. The molecule has 4 nitrogen and oxygen atoms in total. The second-order valence-electron chi connectivity index (χ2n) is 3.03. The van der Waals surface area contributed by atoms with E-state index in [9.17, 15) is 4.53 Å². The highest BCUT2D eigenvalue weighted by atomic mass is 19.3. The van der Waals surface area contributed by atoms with Crippen molar-refractivity contribution in [1.29, 1.82) is 0 Å². The molecule has 2 rings (SSSR count). The van der Waals surface area contributed by atoms with Gasteiger partial charge in [-0.1, -0.05) is 16.7 Å². The van der Waals surface area contributed by atoms with Crippen LogP contribution in [0.1, 0.15) is 0 Å². The molecule has 2 aromatic rings. The van der Waals surface area contributed by atoms with Crippen LogP contribution in [0.15, 0.2) is 24.4 Å². The van der Waals surface area contributed by atoms with E-state index in [0.717, 1.165) is 10.9 Å². The summed E-state index contributed by atoms with van der Waals surface area (Å²) in [5.41, 5.74) is 1.29. The second-order valence-corrected chi connectivity index (χ2v) is 3.03. The normalized spacial score (nSPS) is 10.8. The monoisotopic (exact) mass is 194 g/mol. The molecule has 72 valence electrons. The van der Waals surface area contributed by atoms with Gasteiger partial charge in [0.25, 0.3) is 0 Å². The summed E-state index contributed by atoms with van der Waals surface area (Å²) in [7, 11) is 0.281. The van der Waals surface area contributed by atoms with Gasteiger partial charge in [-0.15, -0.1) is 0 Å². The van der Waals surface area contributed by atoms with Gasteiger partial charge in [-0.05, 0) is 11.5 Å². The maximum atomic E-state index is 11.7. The molecule has 6 heteroatoms. The van der Waals surface area contributed by atoms with Gasteiger partial charge in [0.1, 0.15) is 0 Å². The molecule has 0 fully saturated rings. The van der Waals surface area contributed by atoms with Crippen molar-refractivity contribution in [3.05, 3.63) is 24.4 Å². The molecule has 1 aromatic carbocycles. The largest absolute Gasteiger partial charge is 0.529 e. The minimum Gasteiger partial charge on any atom is -0.421 e. The minimum absolute atomic E-state index is 0.369. The van der Waals surface area contributed by atoms with E-state index in [4.69, 9.17) is 5.02 Å². The topological polar surface area (TPSA) is 47.3 Å². The molecule has 0 bridgehead atoms. The quantitative estimate of drug-likeness (QED) is 0.692. The van der Waals surface area contributed by atoms with Crippen LogP contribution in [0.4, 0.5) is 4.53 Å². The molecule has 0 unspecified atom stereocenters. The Bertz CT molecular complexity index is 460. The van der Waals surface area contributed by atoms with E-state index < -0.39 is 7.12 Å². The SMILES string of the molecule is Cn1ncc2cc(B(O)OF)ccc21. The van der Waals surface area contributed by atoms with Gasteiger partial charge < -0.3 is 5.02 Å². The van der Waals surface area contributed by atoms with Gasteiger partial charge >= 0.3 is 7.12 Å². The highest BCUT2D eigenvalue weighted by Gasteiger charge is 2.17. The van der Waals surface area contributed by atoms with Gasteiger partial charge in [0.15, 0.2) is 0 Å². The van der Waals surface area contributed by atoms with Crippen molar-refractivity contribution in [2.24, 2.45) is 7.05 Å². The molecule has 0 saturated heterocycles. The van der Waals surface area contributed by atoms with Crippen molar-refractivity contribution in [3.8, 4) is 0 Å². The number of halogens is 1. The zero-order valence-electron chi connectivity index (χ0n) is 7.51. The summed E-state index contributed by atoms with van der Waals surface area (Å²) < 4.78 is 13.4. The van der Waals surface area contributed by atoms with Crippen LogP contribution >= 0.6 is 0 Å². The van der Waals surface area contributed by atoms with E-state index in [-0.39, 0.29) is 0 Å². The summed E-state index contributed by atoms with van der Waals surface area (Å²) in [5, 5.41) is 13.9. The van der Waals surface area contributed by atoms with Crippen molar-refractivity contribution in [1.82, 2.24) is 9.78 Å². The zero-order valence-corrected chi connectivity index (χ0v) is 7.51. The fraction of sp³-hybridized carbons (Fsp3) is 0.125. The molecule has 0 radical (unpaired) electrons. The third kappa shape index (κ3) is 1.38. The van der Waals surface area contributed by atoms with Crippen LogP contribution in [-0.4, -0.2) is 21.9 Å². The van der Waals surface area contributed by atoms with E-state index in [0.29, 0.717) is 5.46 Å². The van der Waals surface area contributed by atoms with Crippen LogP contribution in [0.25, 0.3) is 10.9 Å². The predicted octanol–water partition coefficient (Wildman–Crippen LogP) is 0.162. The van der Waals surface area contributed by atoms with Gasteiger partial charge in [0.2, 0.25) is 0 Å². The molecule has 0 aliphatic heterocycles. The average Bonchev–Trinajstić information content (AvgIpc) is 2.59. The molecule has 1 heterocycles. The number of hydrogen-bond acceptors (Lipinski definition) is 3. The number of hydrogen-bond donors (Lipinski definition) is 1. The summed E-state index contributed by atoms with van der Waals surface area (Å²) in [5.74, 6) is 0. The molecule has 0 spiro atoms. The van der Waals surface area contributed by atoms with Crippen LogP contribution in [0.5, 0.6) is 0 Å². The van der Waals surface area contributed by atoms with E-state index in [1.165, 1.54) is 0 Å². The molecule has 0 atom stereocenters. The van der Waals surface area contributed by atoms with Crippen molar-refractivity contribution < 1.29 is 14.4 Å². The van der Waals surface area contributed by atoms with Gasteiger partial charge in [-0.25, -0.2) is 4.86 Å². The lowest BCUT2D eigenvalue weighted by molar-refractivity contribution is -0.0267. The highest BCUT2D eigenvalue weighted by Crippen LogP contribution is 2.10. The third-order valence-electron chi connectivity index (χ3n) is 2.14. The molecule has 14 heavy (non-hydrogen) atoms. The Morgan fingerprint density at radius 3 is 3.07 bits per heavy atom. The van der Waals surface area contributed by atoms with E-state index in [2.05, 4.69) is 9.96 Å². The molecule has 0 amide bonds. The van der Waals surface area contributed by atoms with Crippen LogP contribution in [0.2, 0.25) is 0 Å². The van der Waals surface area contributed by atoms with Gasteiger partial charge in [0.05, 0.1) is 11.7 Å². The van der Waals surface area contributed by atoms with Gasteiger partial charge in [-0.3, -0.25) is 4.68 Å². The van der Waals surface area contributed by atoms with Crippen LogP contribution in [-0.2, 0) is 11.9 Å². The first kappa shape index (κ1) is 9.17. The molecular formula is C8H8BFN2O2. The zero-order chi connectivity index (χ0) is 10.1. The number of rotatable bonds is 2. The third-order valence-corrected chi connectivity index (χ3v) is 2.14. The first-order valence-electron chi connectivity index (χ1n) is 4.09. The lowest BCUT2D eigenvalue weighted by Gasteiger charge is -2.00. The Kier molecular flexibility index (Phi) is 2.22. The molecule has 0 saturated carbocycles. The summed E-state index contributed by atoms with van der Waals surface area (Å²) in [6.07, 6.45) is 1.64. The first-order chi connectivity index (χ1) is 6.72. The maximum absolute atomic E-state index is 11.7. The fourth-order valence-corrected chi connectivity index (χ4v) is 1.39. The van der Waals surface area contributed by atoms with Crippen molar-refractivity contribution in [2.75, 3.05) is 0 Å². The molecule has 1 aromatic heterocycles. The maximum Gasteiger partial charge on any atom is 0.529 e. The van der Waals surface area contributed by atoms with Crippen molar-refractivity contribution in [3.63, 3.8) is 0 Å². The number of aromatic nitrogens is 2. The first-order valence-corrected chi connectivity index (χ1v) is 4.09. The van der Waals surface area contributed by atoms with Crippen LogP contribution in [0.3, 0.4) is 0 Å². The Morgan fingerprint density at radius 2 is 2.36 bits per heavy atom. The lowest BCUT2D eigenvalue weighted by Crippen LogP contribution is -2.30. The number of fused-ring (bicyclic) bond motifs is 1. The predicted molar refractivity (Wildman–Crippen MR) is 50.5 cm³/mol. The smallest absolute Gasteiger partial charge is 0.421 e. The van der Waals surface area contributed by atoms with Crippen LogP contribution in [0, 0.1) is 0 Å². The Balaban J connectivity index is 2.52. The molecular weight excluding hydrogens is 186 g/mol. The average molecular weight is 194 g/mol. The van der Waals surface area contributed by atoms with E-state index in [1.54, 1.807) is 29.1 Å². The number of benzene rings is 1. The summed E-state index contributed by atoms with van der Waals surface area (Å²) in [6, 6.07) is 4.97. The highest BCUT2D eigenvalue weighted by molar-refractivity contribution is 6.60. The fourth-order valence-electron chi connectivity index (χ4n) is 1.39. The summed E-state index contributed by atoms with van der Waals surface area (Å²) >= 11 is 0. The summed E-state index contributed by atoms with van der Waals surface area (Å²) in [6.45, 7) is 0. The minimum atomic E-state index is -1.53. The van der Waals surface area contributed by atoms with Crippen molar-refractivity contribution in [2.45, 2.75) is 0 Å². The molecule has 1 N–H and O–H groups in total. The van der Waals surface area contributed by atoms with Crippen molar-refractivity contribution >= 4 is 23.5 Å². The van der Waals surface area contributed by atoms with Gasteiger partial charge in [0, 0.05) is 12.4 Å². The lowest BCUT2D eigenvalue weighted by atomic mass is 9.80. The number of aryl methyl sites for hydroxylation is 1. The van der Waals surface area contributed by atoms with E-state index in [1.807, 2.05) is 7.05 Å². The molecule has 0 aliphatic rings. The summed E-state index contributed by atoms with van der Waals surface area (Å²) in [4.78, 5) is 3.32. The van der Waals surface area contributed by atoms with Gasteiger partial charge in [-0.2, -0.15) is 5.10 Å². The number of nitrogens with zero attached hydrogens (tertiary/aromatic N) is 2. The van der Waals surface area contributed by atoms with E-state index >= 15 is 0 Å². The Labute approximate surface area is 80.0 Å². The Morgan fingerprint density at radius 1 is 1.57 bits per heavy atom.